The first kappa shape index (κ1) is 17.2. The molecule has 6 heteroatoms. The average molecular weight is 328 g/mol. The van der Waals surface area contributed by atoms with Gasteiger partial charge in [-0.3, -0.25) is 0 Å². The quantitative estimate of drug-likeness (QED) is 0.498. The van der Waals surface area contributed by atoms with Crippen molar-refractivity contribution in [2.24, 2.45) is 0 Å². The molecular formula is C18H16O6. The van der Waals surface area contributed by atoms with Crippen LogP contribution in [-0.2, 0) is 14.3 Å². The van der Waals surface area contributed by atoms with Crippen molar-refractivity contribution in [1.29, 1.82) is 0 Å². The maximum absolute atomic E-state index is 12.1. The van der Waals surface area contributed by atoms with E-state index in [0.717, 1.165) is 5.39 Å². The molecule has 24 heavy (non-hydrogen) atoms. The largest absolute Gasteiger partial charge is 0.478 e. The molecule has 0 aliphatic rings. The van der Waals surface area contributed by atoms with Crippen LogP contribution in [-0.4, -0.2) is 36.2 Å². The van der Waals surface area contributed by atoms with E-state index in [2.05, 4.69) is 6.58 Å². The molecule has 2 aromatic carbocycles. The molecule has 0 heterocycles. The summed E-state index contributed by atoms with van der Waals surface area (Å²) >= 11 is 0. The van der Waals surface area contributed by atoms with Crippen LogP contribution in [0.25, 0.3) is 10.8 Å². The molecule has 0 saturated carbocycles. The van der Waals surface area contributed by atoms with Crippen LogP contribution >= 0.6 is 0 Å². The molecule has 2 aromatic rings. The highest BCUT2D eigenvalue weighted by Crippen LogP contribution is 2.21. The molecule has 0 unspecified atom stereocenters. The zero-order valence-electron chi connectivity index (χ0n) is 13.1. The molecule has 0 spiro atoms. The second kappa shape index (κ2) is 7.41. The van der Waals surface area contributed by atoms with Gasteiger partial charge in [0.05, 0.1) is 11.1 Å². The van der Waals surface area contributed by atoms with Crippen LogP contribution in [0.4, 0.5) is 0 Å². The van der Waals surface area contributed by atoms with Crippen LogP contribution in [0.3, 0.4) is 0 Å². The van der Waals surface area contributed by atoms with Gasteiger partial charge in [0.25, 0.3) is 0 Å². The van der Waals surface area contributed by atoms with E-state index < -0.39 is 17.9 Å². The van der Waals surface area contributed by atoms with E-state index in [4.69, 9.17) is 9.47 Å². The van der Waals surface area contributed by atoms with E-state index >= 15 is 0 Å². The number of carbonyl (C=O) groups is 3. The minimum Gasteiger partial charge on any atom is -0.478 e. The first-order chi connectivity index (χ1) is 11.4. The van der Waals surface area contributed by atoms with E-state index in [9.17, 15) is 19.5 Å². The number of rotatable bonds is 6. The Labute approximate surface area is 138 Å². The first-order valence-corrected chi connectivity index (χ1v) is 7.16. The summed E-state index contributed by atoms with van der Waals surface area (Å²) in [7, 11) is 0. The minimum absolute atomic E-state index is 0.0487. The second-order valence-corrected chi connectivity index (χ2v) is 5.10. The Morgan fingerprint density at radius 3 is 2.08 bits per heavy atom. The normalized spacial score (nSPS) is 10.2. The van der Waals surface area contributed by atoms with E-state index in [1.807, 2.05) is 0 Å². The Bertz CT molecular complexity index is 821. The van der Waals surface area contributed by atoms with Gasteiger partial charge in [0.2, 0.25) is 0 Å². The van der Waals surface area contributed by atoms with Gasteiger partial charge in [0.15, 0.2) is 0 Å². The van der Waals surface area contributed by atoms with Gasteiger partial charge in [-0.25, -0.2) is 14.4 Å². The molecule has 1 N–H and O–H groups in total. The van der Waals surface area contributed by atoms with Crippen LogP contribution < -0.4 is 0 Å². The van der Waals surface area contributed by atoms with Crippen molar-refractivity contribution in [2.45, 2.75) is 6.92 Å². The van der Waals surface area contributed by atoms with Crippen molar-refractivity contribution in [2.75, 3.05) is 13.2 Å². The zero-order chi connectivity index (χ0) is 17.7. The third-order valence-electron chi connectivity index (χ3n) is 3.23. The average Bonchev–Trinajstić information content (AvgIpc) is 2.56. The monoisotopic (exact) mass is 328 g/mol. The van der Waals surface area contributed by atoms with Crippen LogP contribution in [0.2, 0.25) is 0 Å². The van der Waals surface area contributed by atoms with Gasteiger partial charge in [-0.2, -0.15) is 0 Å². The third-order valence-corrected chi connectivity index (χ3v) is 3.23. The number of carboxylic acid groups (broad SMARTS) is 1. The highest BCUT2D eigenvalue weighted by Gasteiger charge is 2.19. The molecule has 0 amide bonds. The lowest BCUT2D eigenvalue weighted by atomic mass is 10.0. The molecule has 0 atom stereocenters. The summed E-state index contributed by atoms with van der Waals surface area (Å²) < 4.78 is 9.79. The van der Waals surface area contributed by atoms with Gasteiger partial charge in [-0.1, -0.05) is 30.8 Å². The van der Waals surface area contributed by atoms with E-state index in [1.165, 1.54) is 19.1 Å². The number of esters is 2. The number of hydrogen-bond donors (Lipinski definition) is 1. The number of hydrogen-bond acceptors (Lipinski definition) is 5. The van der Waals surface area contributed by atoms with Crippen molar-refractivity contribution >= 4 is 28.7 Å². The van der Waals surface area contributed by atoms with Crippen LogP contribution in [0.15, 0.2) is 48.6 Å². The molecule has 0 aliphatic carbocycles. The van der Waals surface area contributed by atoms with Crippen molar-refractivity contribution in [3.05, 3.63) is 59.7 Å². The molecule has 0 fully saturated rings. The predicted molar refractivity (Wildman–Crippen MR) is 87.0 cm³/mol. The van der Waals surface area contributed by atoms with Gasteiger partial charge in [0, 0.05) is 5.57 Å². The molecule has 124 valence electrons. The van der Waals surface area contributed by atoms with Gasteiger partial charge >= 0.3 is 17.9 Å². The highest BCUT2D eigenvalue weighted by atomic mass is 16.6. The lowest BCUT2D eigenvalue weighted by Gasteiger charge is -2.09. The number of carboxylic acids is 1. The van der Waals surface area contributed by atoms with Crippen LogP contribution in [0, 0.1) is 0 Å². The summed E-state index contributed by atoms with van der Waals surface area (Å²) in [4.78, 5) is 34.7. The Morgan fingerprint density at radius 1 is 1.00 bits per heavy atom. The first-order valence-electron chi connectivity index (χ1n) is 7.16. The van der Waals surface area contributed by atoms with E-state index in [0.29, 0.717) is 5.39 Å². The summed E-state index contributed by atoms with van der Waals surface area (Å²) in [5.74, 6) is -2.59. The number of fused-ring (bicyclic) bond motifs is 1. The van der Waals surface area contributed by atoms with Gasteiger partial charge in [-0.05, 0) is 29.8 Å². The van der Waals surface area contributed by atoms with Gasteiger partial charge in [-0.15, -0.1) is 0 Å². The Balaban J connectivity index is 2.13. The van der Waals surface area contributed by atoms with Crippen LogP contribution in [0.1, 0.15) is 27.6 Å². The third kappa shape index (κ3) is 3.98. The van der Waals surface area contributed by atoms with Crippen LogP contribution in [0.5, 0.6) is 0 Å². The van der Waals surface area contributed by atoms with Gasteiger partial charge in [0.1, 0.15) is 13.2 Å². The lowest BCUT2D eigenvalue weighted by Crippen LogP contribution is -2.16. The fourth-order valence-corrected chi connectivity index (χ4v) is 2.06. The number of ether oxygens (including phenoxy) is 2. The number of aromatic carboxylic acids is 1. The smallest absolute Gasteiger partial charge is 0.339 e. The lowest BCUT2D eigenvalue weighted by molar-refractivity contribution is -0.140. The maximum atomic E-state index is 12.1. The maximum Gasteiger partial charge on any atom is 0.339 e. The fourth-order valence-electron chi connectivity index (χ4n) is 2.06. The SMILES string of the molecule is C=C(C)C(=O)OCCOC(=O)c1cc2ccccc2cc1C(=O)O. The Morgan fingerprint density at radius 2 is 1.54 bits per heavy atom. The predicted octanol–water partition coefficient (Wildman–Crippen LogP) is 2.81. The fraction of sp³-hybridized carbons (Fsp3) is 0.167. The van der Waals surface area contributed by atoms with Crippen molar-refractivity contribution in [3.63, 3.8) is 0 Å². The van der Waals surface area contributed by atoms with Crippen molar-refractivity contribution in [1.82, 2.24) is 0 Å². The van der Waals surface area contributed by atoms with E-state index in [-0.39, 0.29) is 29.9 Å². The Kier molecular flexibility index (Phi) is 5.31. The molecule has 2 rings (SSSR count). The zero-order valence-corrected chi connectivity index (χ0v) is 13.1. The standard InChI is InChI=1S/C18H16O6/c1-11(2)17(21)23-7-8-24-18(22)15-10-13-6-4-3-5-12(13)9-14(15)16(19)20/h3-6,9-10H,1,7-8H2,2H3,(H,19,20). The molecular weight excluding hydrogens is 312 g/mol. The minimum atomic E-state index is -1.22. The summed E-state index contributed by atoms with van der Waals surface area (Å²) in [6.07, 6.45) is 0. The van der Waals surface area contributed by atoms with E-state index in [1.54, 1.807) is 24.3 Å². The number of carbonyl (C=O) groups excluding carboxylic acids is 2. The summed E-state index contributed by atoms with van der Waals surface area (Å²) in [5, 5.41) is 10.7. The molecule has 0 aromatic heterocycles. The van der Waals surface area contributed by atoms with Gasteiger partial charge < -0.3 is 14.6 Å². The second-order valence-electron chi connectivity index (χ2n) is 5.10. The molecule has 0 saturated heterocycles. The summed E-state index contributed by atoms with van der Waals surface area (Å²) in [6.45, 7) is 4.62. The Hall–Kier alpha value is -3.15. The van der Waals surface area contributed by atoms with Crippen molar-refractivity contribution in [3.8, 4) is 0 Å². The molecule has 0 aliphatic heterocycles. The topological polar surface area (TPSA) is 89.9 Å². The molecule has 6 nitrogen and oxygen atoms in total. The highest BCUT2D eigenvalue weighted by molar-refractivity contribution is 6.06. The summed E-state index contributed by atoms with van der Waals surface area (Å²) in [5.41, 5.74) is 0.0501. The number of benzene rings is 2. The van der Waals surface area contributed by atoms with Crippen molar-refractivity contribution < 1.29 is 29.0 Å². The molecule has 0 radical (unpaired) electrons. The molecule has 0 bridgehead atoms. The summed E-state index contributed by atoms with van der Waals surface area (Å²) in [6, 6.07) is 9.99.